The van der Waals surface area contributed by atoms with Crippen molar-refractivity contribution < 1.29 is 14.7 Å². The van der Waals surface area contributed by atoms with Crippen molar-refractivity contribution in [1.82, 2.24) is 15.2 Å². The van der Waals surface area contributed by atoms with Crippen molar-refractivity contribution >= 4 is 23.3 Å². The van der Waals surface area contributed by atoms with Gasteiger partial charge in [0, 0.05) is 18.0 Å². The standard InChI is InChI=1S/C14H21N3O3S/c1-8-4-9(2)10(3)17(6-8)14(20)15-5-12-16-11(7-21-12)13(18)19/h7-10H,4-6H2,1-3H3,(H,15,20)(H,18,19). The summed E-state index contributed by atoms with van der Waals surface area (Å²) in [7, 11) is 0. The second kappa shape index (κ2) is 6.43. The first kappa shape index (κ1) is 15.8. The van der Waals surface area contributed by atoms with E-state index >= 15 is 0 Å². The summed E-state index contributed by atoms with van der Waals surface area (Å²) in [6, 6.07) is 0.111. The third-order valence-electron chi connectivity index (χ3n) is 4.02. The lowest BCUT2D eigenvalue weighted by atomic mass is 9.86. The van der Waals surface area contributed by atoms with E-state index < -0.39 is 5.97 Å². The Morgan fingerprint density at radius 3 is 2.81 bits per heavy atom. The van der Waals surface area contributed by atoms with Gasteiger partial charge in [0.1, 0.15) is 5.01 Å². The molecule has 0 spiro atoms. The Kier molecular flexibility index (Phi) is 4.82. The average molecular weight is 311 g/mol. The maximum Gasteiger partial charge on any atom is 0.355 e. The van der Waals surface area contributed by atoms with E-state index in [0.29, 0.717) is 16.8 Å². The molecule has 1 aliphatic rings. The summed E-state index contributed by atoms with van der Waals surface area (Å²) in [5.74, 6) is -0.0606. The van der Waals surface area contributed by atoms with Gasteiger partial charge < -0.3 is 15.3 Å². The van der Waals surface area contributed by atoms with Crippen molar-refractivity contribution in [1.29, 1.82) is 0 Å². The third kappa shape index (κ3) is 3.72. The summed E-state index contributed by atoms with van der Waals surface area (Å²) < 4.78 is 0. The quantitative estimate of drug-likeness (QED) is 0.898. The van der Waals surface area contributed by atoms with Crippen LogP contribution in [0.3, 0.4) is 0 Å². The minimum atomic E-state index is -1.05. The predicted molar refractivity (Wildman–Crippen MR) is 80.4 cm³/mol. The molecule has 3 atom stereocenters. The Bertz CT molecular complexity index is 531. The fourth-order valence-corrected chi connectivity index (χ4v) is 3.43. The largest absolute Gasteiger partial charge is 0.476 e. The van der Waals surface area contributed by atoms with Gasteiger partial charge in [-0.1, -0.05) is 13.8 Å². The number of aromatic nitrogens is 1. The number of thiazole rings is 1. The Morgan fingerprint density at radius 1 is 1.48 bits per heavy atom. The van der Waals surface area contributed by atoms with Crippen LogP contribution in [0.15, 0.2) is 5.38 Å². The van der Waals surface area contributed by atoms with Crippen LogP contribution in [0.1, 0.15) is 42.7 Å². The summed E-state index contributed by atoms with van der Waals surface area (Å²) in [6.07, 6.45) is 1.14. The minimum Gasteiger partial charge on any atom is -0.476 e. The van der Waals surface area contributed by atoms with E-state index in [1.54, 1.807) is 0 Å². The number of piperidine rings is 1. The maximum absolute atomic E-state index is 12.3. The molecule has 116 valence electrons. The molecule has 7 heteroatoms. The highest BCUT2D eigenvalue weighted by atomic mass is 32.1. The molecule has 0 radical (unpaired) electrons. The SMILES string of the molecule is CC1CC(C)C(C)N(C(=O)NCc2nc(C(=O)O)cs2)C1. The molecule has 2 N–H and O–H groups in total. The number of hydrogen-bond donors (Lipinski definition) is 2. The lowest BCUT2D eigenvalue weighted by Crippen LogP contribution is -2.52. The van der Waals surface area contributed by atoms with Gasteiger partial charge in [-0.25, -0.2) is 14.6 Å². The molecular weight excluding hydrogens is 290 g/mol. The molecule has 6 nitrogen and oxygen atoms in total. The number of nitrogens with one attached hydrogen (secondary N) is 1. The number of nitrogens with zero attached hydrogens (tertiary/aromatic N) is 2. The highest BCUT2D eigenvalue weighted by Crippen LogP contribution is 2.26. The first-order valence-electron chi connectivity index (χ1n) is 7.10. The van der Waals surface area contributed by atoms with Crippen LogP contribution in [0, 0.1) is 11.8 Å². The molecule has 0 saturated carbocycles. The number of hydrogen-bond acceptors (Lipinski definition) is 4. The number of carbonyl (C=O) groups is 2. The molecule has 3 unspecified atom stereocenters. The van der Waals surface area contributed by atoms with Crippen molar-refractivity contribution in [3.63, 3.8) is 0 Å². The van der Waals surface area contributed by atoms with Crippen LogP contribution in [-0.4, -0.2) is 39.6 Å². The van der Waals surface area contributed by atoms with Gasteiger partial charge in [0.25, 0.3) is 0 Å². The third-order valence-corrected chi connectivity index (χ3v) is 4.87. The van der Waals surface area contributed by atoms with E-state index in [1.807, 2.05) is 4.90 Å². The zero-order valence-corrected chi connectivity index (χ0v) is 13.3. The van der Waals surface area contributed by atoms with E-state index in [9.17, 15) is 9.59 Å². The van der Waals surface area contributed by atoms with Crippen molar-refractivity contribution in [2.24, 2.45) is 11.8 Å². The first-order valence-corrected chi connectivity index (χ1v) is 7.98. The summed E-state index contributed by atoms with van der Waals surface area (Å²) >= 11 is 1.24. The fraction of sp³-hybridized carbons (Fsp3) is 0.643. The smallest absolute Gasteiger partial charge is 0.355 e. The monoisotopic (exact) mass is 311 g/mol. The number of urea groups is 1. The summed E-state index contributed by atoms with van der Waals surface area (Å²) in [5, 5.41) is 13.7. The van der Waals surface area contributed by atoms with Crippen LogP contribution < -0.4 is 5.32 Å². The average Bonchev–Trinajstić information content (AvgIpc) is 2.89. The minimum absolute atomic E-state index is 0.0258. The summed E-state index contributed by atoms with van der Waals surface area (Å²) in [4.78, 5) is 28.9. The summed E-state index contributed by atoms with van der Waals surface area (Å²) in [6.45, 7) is 7.42. The van der Waals surface area contributed by atoms with Crippen molar-refractivity contribution in [2.45, 2.75) is 39.8 Å². The lowest BCUT2D eigenvalue weighted by Gasteiger charge is -2.40. The van der Waals surface area contributed by atoms with Crippen LogP contribution >= 0.6 is 11.3 Å². The topological polar surface area (TPSA) is 82.5 Å². The molecule has 2 amide bonds. The van der Waals surface area contributed by atoms with Gasteiger partial charge in [-0.3, -0.25) is 0 Å². The van der Waals surface area contributed by atoms with Crippen LogP contribution in [0.4, 0.5) is 4.79 Å². The zero-order valence-electron chi connectivity index (χ0n) is 12.5. The van der Waals surface area contributed by atoms with Crippen LogP contribution in [0.5, 0.6) is 0 Å². The van der Waals surface area contributed by atoms with Gasteiger partial charge in [-0.2, -0.15) is 0 Å². The van der Waals surface area contributed by atoms with E-state index in [2.05, 4.69) is 31.1 Å². The lowest BCUT2D eigenvalue weighted by molar-refractivity contribution is 0.0691. The molecule has 1 saturated heterocycles. The van der Waals surface area contributed by atoms with Crippen LogP contribution in [0.2, 0.25) is 0 Å². The van der Waals surface area contributed by atoms with Gasteiger partial charge in [0.15, 0.2) is 5.69 Å². The molecule has 0 bridgehead atoms. The number of rotatable bonds is 3. The Hall–Kier alpha value is -1.63. The molecule has 0 aromatic carbocycles. The van der Waals surface area contributed by atoms with Gasteiger partial charge >= 0.3 is 12.0 Å². The van der Waals surface area contributed by atoms with Crippen LogP contribution in [-0.2, 0) is 6.54 Å². The van der Waals surface area contributed by atoms with Crippen molar-refractivity contribution in [2.75, 3.05) is 6.54 Å². The number of amides is 2. The van der Waals surface area contributed by atoms with E-state index in [0.717, 1.165) is 13.0 Å². The highest BCUT2D eigenvalue weighted by Gasteiger charge is 2.31. The number of aromatic carboxylic acids is 1. The molecule has 1 fully saturated rings. The van der Waals surface area contributed by atoms with E-state index in [-0.39, 0.29) is 24.3 Å². The van der Waals surface area contributed by atoms with Gasteiger partial charge in [-0.05, 0) is 25.2 Å². The van der Waals surface area contributed by atoms with Crippen molar-refractivity contribution in [3.8, 4) is 0 Å². The number of carboxylic acid groups (broad SMARTS) is 1. The Labute approximate surface area is 128 Å². The Balaban J connectivity index is 1.92. The van der Waals surface area contributed by atoms with E-state index in [1.165, 1.54) is 16.7 Å². The van der Waals surface area contributed by atoms with E-state index in [4.69, 9.17) is 5.11 Å². The predicted octanol–water partition coefficient (Wildman–Crippen LogP) is 2.42. The van der Waals surface area contributed by atoms with Gasteiger partial charge in [0.05, 0.1) is 6.54 Å². The Morgan fingerprint density at radius 2 is 2.19 bits per heavy atom. The maximum atomic E-state index is 12.3. The summed E-state index contributed by atoms with van der Waals surface area (Å²) in [5.41, 5.74) is 0.0258. The fourth-order valence-electron chi connectivity index (χ4n) is 2.73. The second-order valence-electron chi connectivity index (χ2n) is 5.80. The normalized spacial score (nSPS) is 25.7. The molecule has 2 heterocycles. The molecule has 1 aromatic heterocycles. The van der Waals surface area contributed by atoms with Gasteiger partial charge in [-0.15, -0.1) is 11.3 Å². The van der Waals surface area contributed by atoms with Crippen LogP contribution in [0.25, 0.3) is 0 Å². The molecule has 2 rings (SSSR count). The number of carboxylic acids is 1. The molecule has 1 aliphatic heterocycles. The molecule has 21 heavy (non-hydrogen) atoms. The zero-order chi connectivity index (χ0) is 15.6. The van der Waals surface area contributed by atoms with Gasteiger partial charge in [0.2, 0.25) is 0 Å². The highest BCUT2D eigenvalue weighted by molar-refractivity contribution is 7.09. The number of carbonyl (C=O) groups excluding carboxylic acids is 1. The van der Waals surface area contributed by atoms with Crippen molar-refractivity contribution in [3.05, 3.63) is 16.1 Å². The molecule has 1 aromatic rings. The second-order valence-corrected chi connectivity index (χ2v) is 6.74. The first-order chi connectivity index (χ1) is 9.88. The molecule has 0 aliphatic carbocycles. The molecular formula is C14H21N3O3S. The number of likely N-dealkylation sites (tertiary alicyclic amines) is 1.